The lowest BCUT2D eigenvalue weighted by atomic mass is 10.1. The zero-order valence-electron chi connectivity index (χ0n) is 10.1. The molecule has 0 radical (unpaired) electrons. The lowest BCUT2D eigenvalue weighted by molar-refractivity contribution is -0.384. The average molecular weight is 272 g/mol. The summed E-state index contributed by atoms with van der Waals surface area (Å²) in [7, 11) is 0. The zero-order chi connectivity index (χ0) is 12.3. The van der Waals surface area contributed by atoms with Gasteiger partial charge in [0.15, 0.2) is 0 Å². The van der Waals surface area contributed by atoms with Crippen molar-refractivity contribution >= 4 is 18.1 Å². The van der Waals surface area contributed by atoms with E-state index in [0.29, 0.717) is 12.6 Å². The number of nitro benzene ring substituents is 1. The van der Waals surface area contributed by atoms with Crippen molar-refractivity contribution in [1.29, 1.82) is 0 Å². The van der Waals surface area contributed by atoms with Gasteiger partial charge in [-0.25, -0.2) is 0 Å². The number of nitro groups is 1. The molecule has 1 fully saturated rings. The summed E-state index contributed by atoms with van der Waals surface area (Å²) >= 11 is 0. The predicted molar refractivity (Wildman–Crippen MR) is 72.8 cm³/mol. The largest absolute Gasteiger partial charge is 0.329 e. The van der Waals surface area contributed by atoms with Gasteiger partial charge in [0.25, 0.3) is 5.69 Å². The molecule has 1 aliphatic heterocycles. The molecule has 1 unspecified atom stereocenters. The van der Waals surface area contributed by atoms with Gasteiger partial charge in [-0.05, 0) is 24.9 Å². The van der Waals surface area contributed by atoms with Gasteiger partial charge < -0.3 is 5.73 Å². The highest BCUT2D eigenvalue weighted by Crippen LogP contribution is 2.20. The molecule has 0 saturated carbocycles. The molecule has 1 aromatic rings. The van der Waals surface area contributed by atoms with Crippen molar-refractivity contribution in [1.82, 2.24) is 4.90 Å². The molecule has 0 spiro atoms. The first-order valence-corrected chi connectivity index (χ1v) is 5.88. The van der Waals surface area contributed by atoms with Gasteiger partial charge in [0, 0.05) is 31.3 Å². The Balaban J connectivity index is 0.00000162. The number of rotatable bonds is 4. The Labute approximate surface area is 113 Å². The van der Waals surface area contributed by atoms with Gasteiger partial charge in [-0.2, -0.15) is 0 Å². The van der Waals surface area contributed by atoms with Crippen LogP contribution in [0.2, 0.25) is 0 Å². The Morgan fingerprint density at radius 2 is 2.06 bits per heavy atom. The molecule has 100 valence electrons. The van der Waals surface area contributed by atoms with Crippen molar-refractivity contribution in [3.8, 4) is 0 Å². The number of nitrogens with two attached hydrogens (primary N) is 1. The van der Waals surface area contributed by atoms with Crippen molar-refractivity contribution in [3.63, 3.8) is 0 Å². The molecule has 18 heavy (non-hydrogen) atoms. The lowest BCUT2D eigenvalue weighted by Crippen LogP contribution is -2.34. The van der Waals surface area contributed by atoms with E-state index in [1.165, 1.54) is 6.42 Å². The summed E-state index contributed by atoms with van der Waals surface area (Å²) in [6, 6.07) is 7.23. The summed E-state index contributed by atoms with van der Waals surface area (Å²) in [5, 5.41) is 10.5. The molecule has 0 aromatic heterocycles. The van der Waals surface area contributed by atoms with Crippen LogP contribution in [-0.2, 0) is 6.54 Å². The molecule has 1 aliphatic rings. The van der Waals surface area contributed by atoms with Crippen LogP contribution in [0.1, 0.15) is 18.4 Å². The van der Waals surface area contributed by atoms with E-state index < -0.39 is 0 Å². The molecule has 1 saturated heterocycles. The SMILES string of the molecule is Cl.NCC1CCCN1Cc1ccc([N+](=O)[O-])cc1. The maximum Gasteiger partial charge on any atom is 0.269 e. The average Bonchev–Trinajstić information content (AvgIpc) is 2.77. The van der Waals surface area contributed by atoms with Crippen LogP contribution < -0.4 is 5.73 Å². The van der Waals surface area contributed by atoms with Crippen LogP contribution in [0.3, 0.4) is 0 Å². The number of non-ortho nitro benzene ring substituents is 1. The lowest BCUT2D eigenvalue weighted by Gasteiger charge is -2.22. The van der Waals surface area contributed by atoms with E-state index in [0.717, 1.165) is 25.1 Å². The molecule has 0 amide bonds. The monoisotopic (exact) mass is 271 g/mol. The van der Waals surface area contributed by atoms with Gasteiger partial charge in [0.1, 0.15) is 0 Å². The Morgan fingerprint density at radius 3 is 2.61 bits per heavy atom. The third-order valence-electron chi connectivity index (χ3n) is 3.30. The van der Waals surface area contributed by atoms with E-state index in [1.807, 2.05) is 12.1 Å². The summed E-state index contributed by atoms with van der Waals surface area (Å²) in [6.45, 7) is 2.59. The van der Waals surface area contributed by atoms with E-state index in [1.54, 1.807) is 12.1 Å². The topological polar surface area (TPSA) is 72.4 Å². The van der Waals surface area contributed by atoms with E-state index >= 15 is 0 Å². The van der Waals surface area contributed by atoms with E-state index in [9.17, 15) is 10.1 Å². The van der Waals surface area contributed by atoms with Crippen LogP contribution in [0.15, 0.2) is 24.3 Å². The predicted octanol–water partition coefficient (Wildman–Crippen LogP) is 1.94. The second-order valence-electron chi connectivity index (χ2n) is 4.43. The Bertz CT molecular complexity index is 397. The van der Waals surface area contributed by atoms with Crippen LogP contribution in [0.4, 0.5) is 5.69 Å². The minimum Gasteiger partial charge on any atom is -0.329 e. The maximum atomic E-state index is 10.5. The molecule has 0 aliphatic carbocycles. The summed E-state index contributed by atoms with van der Waals surface area (Å²) < 4.78 is 0. The molecular weight excluding hydrogens is 254 g/mol. The first-order valence-electron chi connectivity index (χ1n) is 5.88. The first kappa shape index (κ1) is 14.9. The van der Waals surface area contributed by atoms with Crippen LogP contribution in [0, 0.1) is 10.1 Å². The molecular formula is C12H18ClN3O2. The van der Waals surface area contributed by atoms with Crippen molar-refractivity contribution in [2.24, 2.45) is 5.73 Å². The molecule has 1 atom stereocenters. The van der Waals surface area contributed by atoms with Gasteiger partial charge in [-0.15, -0.1) is 12.4 Å². The highest BCUT2D eigenvalue weighted by atomic mass is 35.5. The summed E-state index contributed by atoms with van der Waals surface area (Å²) in [6.07, 6.45) is 2.35. The van der Waals surface area contributed by atoms with Crippen molar-refractivity contribution < 1.29 is 4.92 Å². The molecule has 5 nitrogen and oxygen atoms in total. The van der Waals surface area contributed by atoms with Crippen LogP contribution in [0.25, 0.3) is 0 Å². The van der Waals surface area contributed by atoms with E-state index in [-0.39, 0.29) is 23.0 Å². The van der Waals surface area contributed by atoms with Crippen molar-refractivity contribution in [2.75, 3.05) is 13.1 Å². The fourth-order valence-corrected chi connectivity index (χ4v) is 2.33. The molecule has 1 aromatic carbocycles. The van der Waals surface area contributed by atoms with Gasteiger partial charge in [-0.1, -0.05) is 12.1 Å². The Hall–Kier alpha value is -1.17. The number of hydrogen-bond donors (Lipinski definition) is 1. The quantitative estimate of drug-likeness (QED) is 0.671. The number of likely N-dealkylation sites (tertiary alicyclic amines) is 1. The second-order valence-corrected chi connectivity index (χ2v) is 4.43. The Kier molecular flexibility index (Phi) is 5.53. The van der Waals surface area contributed by atoms with E-state index in [2.05, 4.69) is 4.90 Å². The number of benzene rings is 1. The molecule has 2 rings (SSSR count). The van der Waals surface area contributed by atoms with Crippen molar-refractivity contribution in [3.05, 3.63) is 39.9 Å². The minimum atomic E-state index is -0.373. The number of nitrogens with zero attached hydrogens (tertiary/aromatic N) is 2. The van der Waals surface area contributed by atoms with Gasteiger partial charge >= 0.3 is 0 Å². The highest BCUT2D eigenvalue weighted by Gasteiger charge is 2.22. The van der Waals surface area contributed by atoms with Crippen molar-refractivity contribution in [2.45, 2.75) is 25.4 Å². The number of hydrogen-bond acceptors (Lipinski definition) is 4. The smallest absolute Gasteiger partial charge is 0.269 e. The first-order chi connectivity index (χ1) is 8.20. The molecule has 0 bridgehead atoms. The maximum absolute atomic E-state index is 10.5. The van der Waals surface area contributed by atoms with Crippen LogP contribution in [0.5, 0.6) is 0 Å². The van der Waals surface area contributed by atoms with E-state index in [4.69, 9.17) is 5.73 Å². The third-order valence-corrected chi connectivity index (χ3v) is 3.30. The highest BCUT2D eigenvalue weighted by molar-refractivity contribution is 5.85. The Morgan fingerprint density at radius 1 is 1.39 bits per heavy atom. The molecule has 1 heterocycles. The third kappa shape index (κ3) is 3.41. The van der Waals surface area contributed by atoms with Gasteiger partial charge in [-0.3, -0.25) is 15.0 Å². The van der Waals surface area contributed by atoms with Gasteiger partial charge in [0.05, 0.1) is 4.92 Å². The van der Waals surface area contributed by atoms with Crippen LogP contribution >= 0.6 is 12.4 Å². The van der Waals surface area contributed by atoms with Gasteiger partial charge in [0.2, 0.25) is 0 Å². The fourth-order valence-electron chi connectivity index (χ4n) is 2.33. The summed E-state index contributed by atoms with van der Waals surface area (Å²) in [5.41, 5.74) is 6.96. The van der Waals surface area contributed by atoms with Crippen LogP contribution in [-0.4, -0.2) is 29.0 Å². The molecule has 2 N–H and O–H groups in total. The standard InChI is InChI=1S/C12H17N3O2.ClH/c13-8-12-2-1-7-14(12)9-10-3-5-11(6-4-10)15(16)17;/h3-6,12H,1-2,7-9,13H2;1H. The minimum absolute atomic E-state index is 0. The second kappa shape index (κ2) is 6.68. The summed E-state index contributed by atoms with van der Waals surface area (Å²) in [5.74, 6) is 0. The molecule has 6 heteroatoms. The number of halogens is 1. The fraction of sp³-hybridized carbons (Fsp3) is 0.500. The normalized spacial score (nSPS) is 19.5. The summed E-state index contributed by atoms with van der Waals surface area (Å²) in [4.78, 5) is 12.5. The zero-order valence-corrected chi connectivity index (χ0v) is 10.9.